The van der Waals surface area contributed by atoms with Crippen LogP contribution in [0.15, 0.2) is 24.3 Å². The topological polar surface area (TPSA) is 52.6 Å². The second kappa shape index (κ2) is 6.25. The first-order valence-corrected chi connectivity index (χ1v) is 5.52. The summed E-state index contributed by atoms with van der Waals surface area (Å²) in [7, 11) is 1.18. The molecule has 1 aromatic rings. The van der Waals surface area contributed by atoms with Crippen molar-refractivity contribution in [2.45, 2.75) is 12.3 Å². The SMILES string of the molecule is CCOc1ccc(C(=O)C(Cl)C(=O)OC)cc1. The van der Waals surface area contributed by atoms with E-state index >= 15 is 0 Å². The van der Waals surface area contributed by atoms with E-state index in [0.717, 1.165) is 0 Å². The summed E-state index contributed by atoms with van der Waals surface area (Å²) >= 11 is 5.66. The molecule has 1 aromatic carbocycles. The van der Waals surface area contributed by atoms with Crippen LogP contribution in [0.25, 0.3) is 0 Å². The fourth-order valence-corrected chi connectivity index (χ4v) is 1.45. The lowest BCUT2D eigenvalue weighted by molar-refractivity contribution is -0.139. The number of hydrogen-bond acceptors (Lipinski definition) is 4. The summed E-state index contributed by atoms with van der Waals surface area (Å²) in [5.41, 5.74) is 0.346. The first kappa shape index (κ1) is 13.5. The molecule has 0 heterocycles. The molecule has 17 heavy (non-hydrogen) atoms. The monoisotopic (exact) mass is 256 g/mol. The fraction of sp³-hybridized carbons (Fsp3) is 0.333. The van der Waals surface area contributed by atoms with Crippen LogP contribution in [0.1, 0.15) is 17.3 Å². The zero-order valence-electron chi connectivity index (χ0n) is 9.60. The summed E-state index contributed by atoms with van der Waals surface area (Å²) < 4.78 is 9.63. The van der Waals surface area contributed by atoms with Crippen LogP contribution in [0, 0.1) is 0 Å². The van der Waals surface area contributed by atoms with Crippen LogP contribution < -0.4 is 4.74 Å². The molecule has 0 aliphatic heterocycles. The van der Waals surface area contributed by atoms with E-state index in [-0.39, 0.29) is 0 Å². The van der Waals surface area contributed by atoms with Crippen molar-refractivity contribution < 1.29 is 19.1 Å². The molecule has 1 rings (SSSR count). The highest BCUT2D eigenvalue weighted by atomic mass is 35.5. The average Bonchev–Trinajstić information content (AvgIpc) is 2.37. The van der Waals surface area contributed by atoms with E-state index in [9.17, 15) is 9.59 Å². The number of Topliss-reactive ketones (excluding diaryl/α,β-unsaturated/α-hetero) is 1. The summed E-state index contributed by atoms with van der Waals surface area (Å²) in [5, 5.41) is -1.31. The van der Waals surface area contributed by atoms with E-state index < -0.39 is 17.1 Å². The minimum atomic E-state index is -1.31. The van der Waals surface area contributed by atoms with Gasteiger partial charge in [0.25, 0.3) is 0 Å². The number of rotatable bonds is 5. The van der Waals surface area contributed by atoms with Crippen LogP contribution in [0.2, 0.25) is 0 Å². The van der Waals surface area contributed by atoms with E-state index in [2.05, 4.69) is 4.74 Å². The van der Waals surface area contributed by atoms with Gasteiger partial charge in [-0.15, -0.1) is 11.6 Å². The van der Waals surface area contributed by atoms with Gasteiger partial charge in [0.05, 0.1) is 13.7 Å². The quantitative estimate of drug-likeness (QED) is 0.350. The third kappa shape index (κ3) is 3.46. The van der Waals surface area contributed by atoms with Crippen molar-refractivity contribution >= 4 is 23.4 Å². The van der Waals surface area contributed by atoms with E-state index in [4.69, 9.17) is 16.3 Å². The number of ketones is 1. The Hall–Kier alpha value is -1.55. The lowest BCUT2D eigenvalue weighted by Crippen LogP contribution is -2.25. The molecule has 0 spiro atoms. The highest BCUT2D eigenvalue weighted by Gasteiger charge is 2.25. The van der Waals surface area contributed by atoms with E-state index in [1.54, 1.807) is 24.3 Å². The summed E-state index contributed by atoms with van der Waals surface area (Å²) in [5.74, 6) is -0.583. The van der Waals surface area contributed by atoms with Crippen LogP contribution in [0.3, 0.4) is 0 Å². The van der Waals surface area contributed by atoms with Crippen molar-refractivity contribution in [3.05, 3.63) is 29.8 Å². The molecule has 1 atom stereocenters. The summed E-state index contributed by atoms with van der Waals surface area (Å²) in [6, 6.07) is 6.42. The molecule has 0 aromatic heterocycles. The molecule has 1 unspecified atom stereocenters. The number of carbonyl (C=O) groups is 2. The van der Waals surface area contributed by atoms with Crippen LogP contribution in [0.5, 0.6) is 5.75 Å². The number of alkyl halides is 1. The van der Waals surface area contributed by atoms with Gasteiger partial charge in [-0.3, -0.25) is 4.79 Å². The Morgan fingerprint density at radius 1 is 1.29 bits per heavy atom. The van der Waals surface area contributed by atoms with Crippen molar-refractivity contribution in [1.29, 1.82) is 0 Å². The second-order valence-electron chi connectivity index (χ2n) is 3.21. The van der Waals surface area contributed by atoms with Gasteiger partial charge in [-0.05, 0) is 31.2 Å². The number of benzene rings is 1. The van der Waals surface area contributed by atoms with Crippen LogP contribution in [-0.2, 0) is 9.53 Å². The standard InChI is InChI=1S/C12H13ClO4/c1-3-17-9-6-4-8(5-7-9)11(14)10(13)12(15)16-2/h4-7,10H,3H2,1-2H3. The Morgan fingerprint density at radius 2 is 1.88 bits per heavy atom. The van der Waals surface area contributed by atoms with Gasteiger partial charge in [0.2, 0.25) is 0 Å². The van der Waals surface area contributed by atoms with Crippen LogP contribution in [-0.4, -0.2) is 30.8 Å². The minimum Gasteiger partial charge on any atom is -0.494 e. The van der Waals surface area contributed by atoms with Crippen molar-refractivity contribution in [3.63, 3.8) is 0 Å². The molecule has 0 amide bonds. The molecule has 92 valence electrons. The molecule has 4 nitrogen and oxygen atoms in total. The Morgan fingerprint density at radius 3 is 2.35 bits per heavy atom. The van der Waals surface area contributed by atoms with Gasteiger partial charge in [0.15, 0.2) is 11.2 Å². The maximum Gasteiger partial charge on any atom is 0.331 e. The van der Waals surface area contributed by atoms with E-state index in [1.807, 2.05) is 6.92 Å². The number of methoxy groups -OCH3 is 1. The van der Waals surface area contributed by atoms with E-state index in [0.29, 0.717) is 17.9 Å². The number of ether oxygens (including phenoxy) is 2. The first-order chi connectivity index (χ1) is 8.10. The van der Waals surface area contributed by atoms with Crippen LogP contribution in [0.4, 0.5) is 0 Å². The molecular formula is C12H13ClO4. The summed E-state index contributed by atoms with van der Waals surface area (Å²) in [6.45, 7) is 2.42. The molecule has 0 radical (unpaired) electrons. The van der Waals surface area contributed by atoms with E-state index in [1.165, 1.54) is 7.11 Å². The summed E-state index contributed by atoms with van der Waals surface area (Å²) in [4.78, 5) is 22.8. The number of hydrogen-bond donors (Lipinski definition) is 0. The Labute approximate surface area is 104 Å². The smallest absolute Gasteiger partial charge is 0.331 e. The van der Waals surface area contributed by atoms with Gasteiger partial charge in [-0.2, -0.15) is 0 Å². The highest BCUT2D eigenvalue weighted by molar-refractivity contribution is 6.43. The van der Waals surface area contributed by atoms with Gasteiger partial charge in [-0.25, -0.2) is 4.79 Å². The largest absolute Gasteiger partial charge is 0.494 e. The van der Waals surface area contributed by atoms with Gasteiger partial charge < -0.3 is 9.47 Å². The molecule has 0 saturated heterocycles. The highest BCUT2D eigenvalue weighted by Crippen LogP contribution is 2.15. The molecular weight excluding hydrogens is 244 g/mol. The van der Waals surface area contributed by atoms with Gasteiger partial charge in [-0.1, -0.05) is 0 Å². The lowest BCUT2D eigenvalue weighted by atomic mass is 10.1. The molecule has 0 aliphatic carbocycles. The maximum atomic E-state index is 11.7. The predicted octanol–water partition coefficient (Wildman–Crippen LogP) is 2.05. The Bertz CT molecular complexity index is 399. The lowest BCUT2D eigenvalue weighted by Gasteiger charge is -2.07. The molecule has 0 bridgehead atoms. The third-order valence-electron chi connectivity index (χ3n) is 2.09. The molecule has 0 N–H and O–H groups in total. The first-order valence-electron chi connectivity index (χ1n) is 5.09. The fourth-order valence-electron chi connectivity index (χ4n) is 1.24. The van der Waals surface area contributed by atoms with Gasteiger partial charge in [0.1, 0.15) is 5.75 Å². The summed E-state index contributed by atoms with van der Waals surface area (Å²) in [6.07, 6.45) is 0. The van der Waals surface area contributed by atoms with Gasteiger partial charge in [0, 0.05) is 5.56 Å². The normalized spacial score (nSPS) is 11.7. The Balaban J connectivity index is 2.79. The maximum absolute atomic E-state index is 11.7. The third-order valence-corrected chi connectivity index (χ3v) is 2.46. The molecule has 0 aliphatic rings. The van der Waals surface area contributed by atoms with Crippen molar-refractivity contribution in [2.24, 2.45) is 0 Å². The van der Waals surface area contributed by atoms with Crippen molar-refractivity contribution in [2.75, 3.05) is 13.7 Å². The minimum absolute atomic E-state index is 0.346. The van der Waals surface area contributed by atoms with Gasteiger partial charge >= 0.3 is 5.97 Å². The molecule has 5 heteroatoms. The number of halogens is 1. The Kier molecular flexibility index (Phi) is 4.97. The second-order valence-corrected chi connectivity index (χ2v) is 3.64. The predicted molar refractivity (Wildman–Crippen MR) is 63.6 cm³/mol. The number of esters is 1. The zero-order chi connectivity index (χ0) is 12.8. The average molecular weight is 257 g/mol. The number of carbonyl (C=O) groups excluding carboxylic acids is 2. The van der Waals surface area contributed by atoms with Crippen LogP contribution >= 0.6 is 11.6 Å². The molecule has 0 saturated carbocycles. The zero-order valence-corrected chi connectivity index (χ0v) is 10.4. The van der Waals surface area contributed by atoms with Crippen molar-refractivity contribution in [1.82, 2.24) is 0 Å². The van der Waals surface area contributed by atoms with Crippen molar-refractivity contribution in [3.8, 4) is 5.75 Å². The molecule has 0 fully saturated rings.